The Kier molecular flexibility index (Phi) is 1.96. The zero-order valence-electron chi connectivity index (χ0n) is 10.8. The van der Waals surface area contributed by atoms with Gasteiger partial charge in [-0.1, -0.05) is 0 Å². The number of hydrogen-bond donors (Lipinski definition) is 1. The maximum absolute atomic E-state index is 5.55. The van der Waals surface area contributed by atoms with E-state index in [9.17, 15) is 0 Å². The van der Waals surface area contributed by atoms with E-state index < -0.39 is 0 Å². The van der Waals surface area contributed by atoms with Gasteiger partial charge in [0, 0.05) is 22.2 Å². The molecule has 4 aromatic rings. The number of nitrogens with one attached hydrogen (secondary N) is 1. The van der Waals surface area contributed by atoms with Gasteiger partial charge in [-0.05, 0) is 36.8 Å². The molecule has 94 valence electrons. The SMILES string of the molecule is COc1ccc2c(c1)[nH]c1c3ccoc3c(C)cc21. The van der Waals surface area contributed by atoms with Crippen molar-refractivity contribution in [3.05, 3.63) is 42.2 Å². The fourth-order valence-electron chi connectivity index (χ4n) is 2.78. The first-order valence-electron chi connectivity index (χ1n) is 6.24. The van der Waals surface area contributed by atoms with Crippen LogP contribution in [0.15, 0.2) is 41.0 Å². The standard InChI is InChI=1S/C16H13NO2/c1-9-7-13-11-4-3-10(18-2)8-14(11)17-15(13)12-5-6-19-16(9)12/h3-8,17H,1-2H3. The summed E-state index contributed by atoms with van der Waals surface area (Å²) in [6.45, 7) is 2.08. The number of aromatic nitrogens is 1. The summed E-state index contributed by atoms with van der Waals surface area (Å²) in [4.78, 5) is 3.47. The van der Waals surface area contributed by atoms with Gasteiger partial charge in [0.15, 0.2) is 0 Å². The Balaban J connectivity index is 2.23. The van der Waals surface area contributed by atoms with Gasteiger partial charge in [0.05, 0.1) is 24.4 Å². The van der Waals surface area contributed by atoms with Crippen LogP contribution < -0.4 is 4.74 Å². The predicted octanol–water partition coefficient (Wildman–Crippen LogP) is 4.38. The average Bonchev–Trinajstić information content (AvgIpc) is 3.02. The number of fused-ring (bicyclic) bond motifs is 5. The van der Waals surface area contributed by atoms with Gasteiger partial charge in [-0.25, -0.2) is 0 Å². The van der Waals surface area contributed by atoms with Gasteiger partial charge in [-0.2, -0.15) is 0 Å². The molecule has 0 fully saturated rings. The van der Waals surface area contributed by atoms with Gasteiger partial charge in [0.25, 0.3) is 0 Å². The fraction of sp³-hybridized carbons (Fsp3) is 0.125. The monoisotopic (exact) mass is 251 g/mol. The van der Waals surface area contributed by atoms with Crippen molar-refractivity contribution in [3.63, 3.8) is 0 Å². The van der Waals surface area contributed by atoms with Crippen molar-refractivity contribution >= 4 is 32.8 Å². The molecule has 0 saturated heterocycles. The lowest BCUT2D eigenvalue weighted by molar-refractivity contribution is 0.415. The van der Waals surface area contributed by atoms with Crippen molar-refractivity contribution < 1.29 is 9.15 Å². The van der Waals surface area contributed by atoms with E-state index in [0.717, 1.165) is 33.3 Å². The van der Waals surface area contributed by atoms with Gasteiger partial charge < -0.3 is 14.1 Å². The molecule has 2 aromatic carbocycles. The molecule has 0 aliphatic rings. The van der Waals surface area contributed by atoms with Crippen LogP contribution in [0.3, 0.4) is 0 Å². The molecule has 0 saturated carbocycles. The van der Waals surface area contributed by atoms with Crippen molar-refractivity contribution in [1.82, 2.24) is 4.98 Å². The van der Waals surface area contributed by atoms with Gasteiger partial charge in [0.2, 0.25) is 0 Å². The summed E-state index contributed by atoms with van der Waals surface area (Å²) in [5.41, 5.74) is 4.32. The van der Waals surface area contributed by atoms with E-state index in [1.807, 2.05) is 18.2 Å². The van der Waals surface area contributed by atoms with Crippen molar-refractivity contribution in [2.75, 3.05) is 7.11 Å². The molecule has 2 heterocycles. The molecule has 0 bridgehead atoms. The summed E-state index contributed by atoms with van der Waals surface area (Å²) >= 11 is 0. The Bertz CT molecular complexity index is 915. The van der Waals surface area contributed by atoms with Crippen LogP contribution in [0, 0.1) is 6.92 Å². The van der Waals surface area contributed by atoms with E-state index in [-0.39, 0.29) is 0 Å². The summed E-state index contributed by atoms with van der Waals surface area (Å²) in [5, 5.41) is 3.57. The van der Waals surface area contributed by atoms with Crippen molar-refractivity contribution in [2.45, 2.75) is 6.92 Å². The third-order valence-electron chi connectivity index (χ3n) is 3.70. The van der Waals surface area contributed by atoms with Gasteiger partial charge in [0.1, 0.15) is 11.3 Å². The molecule has 0 amide bonds. The Morgan fingerprint density at radius 1 is 1.05 bits per heavy atom. The second-order valence-corrected chi connectivity index (χ2v) is 4.82. The smallest absolute Gasteiger partial charge is 0.138 e. The van der Waals surface area contributed by atoms with E-state index in [1.165, 1.54) is 10.8 Å². The highest BCUT2D eigenvalue weighted by Gasteiger charge is 2.12. The first-order valence-corrected chi connectivity index (χ1v) is 6.24. The number of rotatable bonds is 1. The summed E-state index contributed by atoms with van der Waals surface area (Å²) in [5.74, 6) is 0.860. The summed E-state index contributed by atoms with van der Waals surface area (Å²) in [7, 11) is 1.68. The van der Waals surface area contributed by atoms with E-state index in [2.05, 4.69) is 24.0 Å². The molecule has 0 aliphatic heterocycles. The lowest BCUT2D eigenvalue weighted by atomic mass is 10.1. The van der Waals surface area contributed by atoms with Crippen LogP contribution in [-0.4, -0.2) is 12.1 Å². The first kappa shape index (κ1) is 10.5. The number of furan rings is 1. The molecule has 0 aliphatic carbocycles. The third-order valence-corrected chi connectivity index (χ3v) is 3.70. The molecule has 1 N–H and O–H groups in total. The summed E-state index contributed by atoms with van der Waals surface area (Å²) in [6, 6.07) is 10.3. The molecule has 0 spiro atoms. The number of benzene rings is 2. The summed E-state index contributed by atoms with van der Waals surface area (Å²) in [6.07, 6.45) is 1.74. The lowest BCUT2D eigenvalue weighted by Crippen LogP contribution is -1.80. The van der Waals surface area contributed by atoms with Crippen molar-refractivity contribution in [3.8, 4) is 5.75 Å². The topological polar surface area (TPSA) is 38.2 Å². The van der Waals surface area contributed by atoms with Gasteiger partial charge in [-0.3, -0.25) is 0 Å². The Morgan fingerprint density at radius 3 is 2.79 bits per heavy atom. The zero-order valence-corrected chi connectivity index (χ0v) is 10.8. The molecule has 3 nitrogen and oxygen atoms in total. The number of ether oxygens (including phenoxy) is 1. The molecule has 2 aromatic heterocycles. The van der Waals surface area contributed by atoms with E-state index in [0.29, 0.717) is 0 Å². The quantitative estimate of drug-likeness (QED) is 0.545. The van der Waals surface area contributed by atoms with Crippen LogP contribution in [0.25, 0.3) is 32.8 Å². The highest BCUT2D eigenvalue weighted by Crippen LogP contribution is 2.34. The van der Waals surface area contributed by atoms with Crippen LogP contribution in [0.2, 0.25) is 0 Å². The van der Waals surface area contributed by atoms with E-state index in [4.69, 9.17) is 9.15 Å². The minimum Gasteiger partial charge on any atom is -0.497 e. The molecule has 0 radical (unpaired) electrons. The van der Waals surface area contributed by atoms with Crippen LogP contribution in [-0.2, 0) is 0 Å². The average molecular weight is 251 g/mol. The van der Waals surface area contributed by atoms with Crippen LogP contribution in [0.1, 0.15) is 5.56 Å². The Morgan fingerprint density at radius 2 is 1.95 bits per heavy atom. The molecule has 19 heavy (non-hydrogen) atoms. The maximum atomic E-state index is 5.55. The molecular formula is C16H13NO2. The first-order chi connectivity index (χ1) is 9.28. The molecule has 3 heteroatoms. The third kappa shape index (κ3) is 1.32. The van der Waals surface area contributed by atoms with Crippen LogP contribution in [0.4, 0.5) is 0 Å². The number of methoxy groups -OCH3 is 1. The number of aryl methyl sites for hydroxylation is 1. The highest BCUT2D eigenvalue weighted by atomic mass is 16.5. The number of aromatic amines is 1. The number of hydrogen-bond acceptors (Lipinski definition) is 2. The molecular weight excluding hydrogens is 238 g/mol. The summed E-state index contributed by atoms with van der Waals surface area (Å²) < 4.78 is 10.8. The van der Waals surface area contributed by atoms with E-state index in [1.54, 1.807) is 13.4 Å². The Hall–Kier alpha value is -2.42. The maximum Gasteiger partial charge on any atom is 0.138 e. The van der Waals surface area contributed by atoms with Crippen molar-refractivity contribution in [2.24, 2.45) is 0 Å². The van der Waals surface area contributed by atoms with Gasteiger partial charge in [-0.15, -0.1) is 0 Å². The van der Waals surface area contributed by atoms with E-state index >= 15 is 0 Å². The lowest BCUT2D eigenvalue weighted by Gasteiger charge is -1.99. The van der Waals surface area contributed by atoms with Crippen LogP contribution >= 0.6 is 0 Å². The van der Waals surface area contributed by atoms with Gasteiger partial charge >= 0.3 is 0 Å². The molecule has 0 unspecified atom stereocenters. The normalized spacial score (nSPS) is 11.7. The van der Waals surface area contributed by atoms with Crippen LogP contribution in [0.5, 0.6) is 5.75 Å². The zero-order chi connectivity index (χ0) is 13.0. The predicted molar refractivity (Wildman–Crippen MR) is 76.9 cm³/mol. The number of H-pyrrole nitrogens is 1. The molecule has 4 rings (SSSR count). The second kappa shape index (κ2) is 3.54. The minimum absolute atomic E-state index is 0.860. The Labute approximate surface area is 109 Å². The largest absolute Gasteiger partial charge is 0.497 e. The van der Waals surface area contributed by atoms with Crippen molar-refractivity contribution in [1.29, 1.82) is 0 Å². The second-order valence-electron chi connectivity index (χ2n) is 4.82. The highest BCUT2D eigenvalue weighted by molar-refractivity contribution is 6.17. The molecule has 0 atom stereocenters. The minimum atomic E-state index is 0.860. The fourth-order valence-corrected chi connectivity index (χ4v) is 2.78.